The van der Waals surface area contributed by atoms with Crippen LogP contribution in [0, 0.1) is 5.92 Å². The standard InChI is InChI=1S/C17H24N2O2/c1-13(20)18-9-10-19(11-14-7-8-14)16(12-18)15-5-3-4-6-17(15)21-2/h3-6,14,16H,7-12H2,1-2H3/t16-/m1/s1. The fraction of sp³-hybridized carbons (Fsp3) is 0.588. The molecule has 1 heterocycles. The highest BCUT2D eigenvalue weighted by atomic mass is 16.5. The second kappa shape index (κ2) is 6.06. The van der Waals surface area contributed by atoms with Crippen LogP contribution in [0.4, 0.5) is 0 Å². The molecule has 4 nitrogen and oxygen atoms in total. The van der Waals surface area contributed by atoms with Crippen molar-refractivity contribution < 1.29 is 9.53 Å². The number of nitrogens with zero attached hydrogens (tertiary/aromatic N) is 2. The molecule has 4 heteroatoms. The number of benzene rings is 1. The molecule has 0 bridgehead atoms. The van der Waals surface area contributed by atoms with Crippen LogP contribution in [0.25, 0.3) is 0 Å². The summed E-state index contributed by atoms with van der Waals surface area (Å²) >= 11 is 0. The number of rotatable bonds is 4. The van der Waals surface area contributed by atoms with Gasteiger partial charge in [0.2, 0.25) is 5.91 Å². The maximum atomic E-state index is 11.7. The van der Waals surface area contributed by atoms with Crippen molar-refractivity contribution in [1.29, 1.82) is 0 Å². The molecule has 0 spiro atoms. The number of para-hydroxylation sites is 1. The van der Waals surface area contributed by atoms with Gasteiger partial charge in [-0.1, -0.05) is 18.2 Å². The summed E-state index contributed by atoms with van der Waals surface area (Å²) in [5.41, 5.74) is 1.20. The number of hydrogen-bond donors (Lipinski definition) is 0. The minimum Gasteiger partial charge on any atom is -0.496 e. The molecule has 2 fully saturated rings. The Bertz CT molecular complexity index is 513. The van der Waals surface area contributed by atoms with Gasteiger partial charge in [-0.3, -0.25) is 9.69 Å². The molecule has 0 aromatic heterocycles. The molecule has 1 atom stereocenters. The zero-order valence-electron chi connectivity index (χ0n) is 12.9. The summed E-state index contributed by atoms with van der Waals surface area (Å²) in [6.07, 6.45) is 2.71. The summed E-state index contributed by atoms with van der Waals surface area (Å²) in [6.45, 7) is 5.37. The van der Waals surface area contributed by atoms with Crippen molar-refractivity contribution >= 4 is 5.91 Å². The van der Waals surface area contributed by atoms with Crippen molar-refractivity contribution in [3.8, 4) is 5.75 Å². The first-order valence-corrected chi connectivity index (χ1v) is 7.81. The number of methoxy groups -OCH3 is 1. The molecule has 114 valence electrons. The number of ether oxygens (including phenoxy) is 1. The van der Waals surface area contributed by atoms with Gasteiger partial charge < -0.3 is 9.64 Å². The van der Waals surface area contributed by atoms with Gasteiger partial charge in [0.05, 0.1) is 13.2 Å². The van der Waals surface area contributed by atoms with Crippen LogP contribution < -0.4 is 4.74 Å². The van der Waals surface area contributed by atoms with Crippen LogP contribution in [0.15, 0.2) is 24.3 Å². The van der Waals surface area contributed by atoms with E-state index in [1.165, 1.54) is 18.4 Å². The van der Waals surface area contributed by atoms with E-state index in [-0.39, 0.29) is 11.9 Å². The quantitative estimate of drug-likeness (QED) is 0.852. The zero-order chi connectivity index (χ0) is 14.8. The molecule has 0 radical (unpaired) electrons. The van der Waals surface area contributed by atoms with Gasteiger partial charge in [-0.15, -0.1) is 0 Å². The van der Waals surface area contributed by atoms with Gasteiger partial charge in [0.25, 0.3) is 0 Å². The van der Waals surface area contributed by atoms with E-state index >= 15 is 0 Å². The highest BCUT2D eigenvalue weighted by Crippen LogP contribution is 2.36. The van der Waals surface area contributed by atoms with E-state index in [4.69, 9.17) is 4.74 Å². The van der Waals surface area contributed by atoms with Crippen molar-refractivity contribution in [2.24, 2.45) is 5.92 Å². The molecule has 1 aromatic rings. The molecular weight excluding hydrogens is 264 g/mol. The normalized spacial score (nSPS) is 23.1. The number of hydrogen-bond acceptors (Lipinski definition) is 3. The number of piperazine rings is 1. The summed E-state index contributed by atoms with van der Waals surface area (Å²) in [5.74, 6) is 1.95. The van der Waals surface area contributed by atoms with E-state index in [1.807, 2.05) is 17.0 Å². The SMILES string of the molecule is COc1ccccc1[C@H]1CN(C(C)=O)CCN1CC1CC1. The maximum absolute atomic E-state index is 11.7. The van der Waals surface area contributed by atoms with E-state index < -0.39 is 0 Å². The van der Waals surface area contributed by atoms with Gasteiger partial charge >= 0.3 is 0 Å². The lowest BCUT2D eigenvalue weighted by molar-refractivity contribution is -0.132. The average Bonchev–Trinajstić information content (AvgIpc) is 3.31. The Hall–Kier alpha value is -1.55. The van der Waals surface area contributed by atoms with Crippen LogP contribution in [0.1, 0.15) is 31.4 Å². The van der Waals surface area contributed by atoms with E-state index in [0.717, 1.165) is 37.8 Å². The van der Waals surface area contributed by atoms with Crippen molar-refractivity contribution in [3.63, 3.8) is 0 Å². The molecular formula is C17H24N2O2. The molecule has 3 rings (SSSR count). The summed E-state index contributed by atoms with van der Waals surface area (Å²) in [6, 6.07) is 8.45. The fourth-order valence-electron chi connectivity index (χ4n) is 3.19. The predicted octanol–water partition coefficient (Wildman–Crippen LogP) is 2.31. The minimum atomic E-state index is 0.168. The molecule has 1 aromatic carbocycles. The smallest absolute Gasteiger partial charge is 0.219 e. The van der Waals surface area contributed by atoms with Gasteiger partial charge in [0.1, 0.15) is 5.75 Å². The fourth-order valence-corrected chi connectivity index (χ4v) is 3.19. The summed E-state index contributed by atoms with van der Waals surface area (Å²) < 4.78 is 5.53. The molecule has 1 aliphatic carbocycles. The van der Waals surface area contributed by atoms with Crippen molar-refractivity contribution in [2.45, 2.75) is 25.8 Å². The molecule has 0 N–H and O–H groups in total. The Labute approximate surface area is 126 Å². The topological polar surface area (TPSA) is 32.8 Å². The van der Waals surface area contributed by atoms with Crippen molar-refractivity contribution in [2.75, 3.05) is 33.3 Å². The molecule has 1 aliphatic heterocycles. The largest absolute Gasteiger partial charge is 0.496 e. The number of carbonyl (C=O) groups excluding carboxylic acids is 1. The Morgan fingerprint density at radius 1 is 1.29 bits per heavy atom. The third-order valence-electron chi connectivity index (χ3n) is 4.62. The van der Waals surface area contributed by atoms with Crippen LogP contribution >= 0.6 is 0 Å². The van der Waals surface area contributed by atoms with E-state index in [0.29, 0.717) is 0 Å². The zero-order valence-corrected chi connectivity index (χ0v) is 12.9. The van der Waals surface area contributed by atoms with Gasteiger partial charge in [-0.25, -0.2) is 0 Å². The van der Waals surface area contributed by atoms with E-state index in [9.17, 15) is 4.79 Å². The van der Waals surface area contributed by atoms with Gasteiger partial charge in [-0.05, 0) is 24.8 Å². The molecule has 2 aliphatic rings. The Balaban J connectivity index is 1.85. The third-order valence-corrected chi connectivity index (χ3v) is 4.62. The van der Waals surface area contributed by atoms with Gasteiger partial charge in [-0.2, -0.15) is 0 Å². The highest BCUT2D eigenvalue weighted by Gasteiger charge is 2.34. The van der Waals surface area contributed by atoms with Crippen LogP contribution in [0.2, 0.25) is 0 Å². The monoisotopic (exact) mass is 288 g/mol. The minimum absolute atomic E-state index is 0.168. The van der Waals surface area contributed by atoms with Crippen molar-refractivity contribution in [1.82, 2.24) is 9.80 Å². The molecule has 21 heavy (non-hydrogen) atoms. The van der Waals surface area contributed by atoms with Gasteiger partial charge in [0.15, 0.2) is 0 Å². The molecule has 1 amide bonds. The third kappa shape index (κ3) is 3.21. The lowest BCUT2D eigenvalue weighted by Crippen LogP contribution is -2.50. The second-order valence-electron chi connectivity index (χ2n) is 6.16. The molecule has 1 saturated heterocycles. The first kappa shape index (κ1) is 14.4. The van der Waals surface area contributed by atoms with Crippen LogP contribution in [-0.4, -0.2) is 49.0 Å². The van der Waals surface area contributed by atoms with E-state index in [1.54, 1.807) is 14.0 Å². The first-order chi connectivity index (χ1) is 10.2. The lowest BCUT2D eigenvalue weighted by atomic mass is 10.0. The van der Waals surface area contributed by atoms with Crippen LogP contribution in [0.3, 0.4) is 0 Å². The molecule has 0 unspecified atom stereocenters. The van der Waals surface area contributed by atoms with Crippen LogP contribution in [-0.2, 0) is 4.79 Å². The number of carbonyl (C=O) groups is 1. The van der Waals surface area contributed by atoms with Crippen LogP contribution in [0.5, 0.6) is 5.75 Å². The Kier molecular flexibility index (Phi) is 4.15. The summed E-state index contributed by atoms with van der Waals surface area (Å²) in [7, 11) is 1.72. The Morgan fingerprint density at radius 3 is 2.71 bits per heavy atom. The maximum Gasteiger partial charge on any atom is 0.219 e. The predicted molar refractivity (Wildman–Crippen MR) is 82.3 cm³/mol. The Morgan fingerprint density at radius 2 is 2.05 bits per heavy atom. The van der Waals surface area contributed by atoms with E-state index in [2.05, 4.69) is 17.0 Å². The van der Waals surface area contributed by atoms with Crippen molar-refractivity contribution in [3.05, 3.63) is 29.8 Å². The second-order valence-corrected chi connectivity index (χ2v) is 6.16. The number of amides is 1. The molecule has 1 saturated carbocycles. The van der Waals surface area contributed by atoms with Gasteiger partial charge in [0, 0.05) is 38.7 Å². The lowest BCUT2D eigenvalue weighted by Gasteiger charge is -2.42. The summed E-state index contributed by atoms with van der Waals surface area (Å²) in [4.78, 5) is 16.2. The first-order valence-electron chi connectivity index (χ1n) is 7.81. The average molecular weight is 288 g/mol. The summed E-state index contributed by atoms with van der Waals surface area (Å²) in [5, 5.41) is 0. The highest BCUT2D eigenvalue weighted by molar-refractivity contribution is 5.73.